The Morgan fingerprint density at radius 2 is 1.88 bits per heavy atom. The zero-order valence-electron chi connectivity index (χ0n) is 22.9. The summed E-state index contributed by atoms with van der Waals surface area (Å²) in [5.74, 6) is 0.505. The van der Waals surface area contributed by atoms with Crippen molar-refractivity contribution in [2.75, 3.05) is 31.6 Å². The second-order valence-corrected chi connectivity index (χ2v) is 10.5. The standard InChI is InChI=1S/C32H34N6O3/c39-31(25-19-34-38(22-25)21-23-8-3-1-4-9-23)35-26-18-28(32(40)33-20-26)30-17-24-16-27(10-11-29(24)36-30)41-15-7-14-37-12-5-2-6-13-37/h1,3-4,8-11,16-20,22,36H,2,5-7,12-15,21H2,(H,33,40)(H,35,39). The van der Waals surface area contributed by atoms with Crippen LogP contribution in [0, 0.1) is 0 Å². The maximum atomic E-state index is 12.9. The fourth-order valence-corrected chi connectivity index (χ4v) is 5.30. The molecule has 0 saturated carbocycles. The van der Waals surface area contributed by atoms with Crippen LogP contribution < -0.4 is 15.6 Å². The van der Waals surface area contributed by atoms with Crippen LogP contribution in [0.15, 0.2) is 84.0 Å². The van der Waals surface area contributed by atoms with Crippen molar-refractivity contribution in [1.82, 2.24) is 24.6 Å². The summed E-state index contributed by atoms with van der Waals surface area (Å²) in [7, 11) is 0. The number of carbonyl (C=O) groups is 1. The summed E-state index contributed by atoms with van der Waals surface area (Å²) < 4.78 is 7.74. The van der Waals surface area contributed by atoms with Crippen molar-refractivity contribution in [2.45, 2.75) is 32.2 Å². The van der Waals surface area contributed by atoms with Gasteiger partial charge in [-0.05, 0) is 68.2 Å². The number of nitrogens with zero attached hydrogens (tertiary/aromatic N) is 3. The van der Waals surface area contributed by atoms with Gasteiger partial charge in [-0.1, -0.05) is 36.8 Å². The lowest BCUT2D eigenvalue weighted by atomic mass is 10.1. The molecule has 0 radical (unpaired) electrons. The number of piperidine rings is 1. The first kappa shape index (κ1) is 26.6. The van der Waals surface area contributed by atoms with E-state index in [2.05, 4.69) is 25.3 Å². The van der Waals surface area contributed by atoms with E-state index < -0.39 is 0 Å². The summed E-state index contributed by atoms with van der Waals surface area (Å²) in [6.45, 7) is 4.71. The smallest absolute Gasteiger partial charge is 0.258 e. The molecule has 3 aromatic heterocycles. The normalized spacial score (nSPS) is 13.9. The Bertz CT molecular complexity index is 1680. The highest BCUT2D eigenvalue weighted by atomic mass is 16.5. The number of benzene rings is 2. The number of ether oxygens (including phenoxy) is 1. The van der Waals surface area contributed by atoms with Crippen LogP contribution >= 0.6 is 0 Å². The van der Waals surface area contributed by atoms with E-state index in [1.165, 1.54) is 44.7 Å². The molecule has 41 heavy (non-hydrogen) atoms. The van der Waals surface area contributed by atoms with Crippen LogP contribution in [-0.2, 0) is 6.54 Å². The van der Waals surface area contributed by atoms with Gasteiger partial charge >= 0.3 is 0 Å². The number of nitrogens with one attached hydrogen (secondary N) is 3. The van der Waals surface area contributed by atoms with Crippen LogP contribution in [0.1, 0.15) is 41.6 Å². The second kappa shape index (κ2) is 12.3. The molecule has 1 saturated heterocycles. The Morgan fingerprint density at radius 3 is 2.73 bits per heavy atom. The van der Waals surface area contributed by atoms with Crippen molar-refractivity contribution in [3.8, 4) is 17.0 Å². The molecule has 0 bridgehead atoms. The lowest BCUT2D eigenvalue weighted by molar-refractivity contribution is 0.102. The van der Waals surface area contributed by atoms with Gasteiger partial charge in [0.25, 0.3) is 11.5 Å². The molecule has 0 atom stereocenters. The van der Waals surface area contributed by atoms with E-state index in [1.807, 2.05) is 54.6 Å². The molecule has 2 aromatic carbocycles. The fraction of sp³-hybridized carbons (Fsp3) is 0.281. The zero-order chi connectivity index (χ0) is 28.0. The summed E-state index contributed by atoms with van der Waals surface area (Å²) in [5, 5.41) is 8.13. The third kappa shape index (κ3) is 6.58. The van der Waals surface area contributed by atoms with E-state index in [0.717, 1.165) is 35.2 Å². The monoisotopic (exact) mass is 550 g/mol. The molecule has 6 rings (SSSR count). The molecule has 1 amide bonds. The van der Waals surface area contributed by atoms with E-state index in [9.17, 15) is 9.59 Å². The van der Waals surface area contributed by atoms with Crippen molar-refractivity contribution in [2.24, 2.45) is 0 Å². The Labute approximate surface area is 238 Å². The highest BCUT2D eigenvalue weighted by Gasteiger charge is 2.14. The largest absolute Gasteiger partial charge is 0.494 e. The molecule has 0 unspecified atom stereocenters. The highest BCUT2D eigenvalue weighted by molar-refractivity contribution is 6.04. The highest BCUT2D eigenvalue weighted by Crippen LogP contribution is 2.27. The Balaban J connectivity index is 1.10. The Hall–Kier alpha value is -4.63. The number of pyridine rings is 1. The number of rotatable bonds is 10. The van der Waals surface area contributed by atoms with Crippen LogP contribution in [0.4, 0.5) is 5.69 Å². The summed E-state index contributed by atoms with van der Waals surface area (Å²) in [5.41, 5.74) is 3.76. The van der Waals surface area contributed by atoms with Gasteiger partial charge in [0.2, 0.25) is 0 Å². The average molecular weight is 551 g/mol. The molecule has 0 spiro atoms. The predicted octanol–water partition coefficient (Wildman–Crippen LogP) is 5.28. The van der Waals surface area contributed by atoms with Crippen LogP contribution in [0.2, 0.25) is 0 Å². The van der Waals surface area contributed by atoms with Gasteiger partial charge in [-0.3, -0.25) is 14.3 Å². The number of hydrogen-bond donors (Lipinski definition) is 3. The van der Waals surface area contributed by atoms with E-state index in [4.69, 9.17) is 4.74 Å². The molecule has 9 heteroatoms. The summed E-state index contributed by atoms with van der Waals surface area (Å²) in [6.07, 6.45) is 9.68. The molecule has 210 valence electrons. The average Bonchev–Trinajstić information content (AvgIpc) is 3.64. The van der Waals surface area contributed by atoms with Crippen LogP contribution in [-0.4, -0.2) is 56.8 Å². The van der Waals surface area contributed by atoms with Crippen LogP contribution in [0.3, 0.4) is 0 Å². The van der Waals surface area contributed by atoms with Gasteiger partial charge in [0.1, 0.15) is 5.75 Å². The van der Waals surface area contributed by atoms with Gasteiger partial charge in [0.05, 0.1) is 41.9 Å². The topological polar surface area (TPSA) is 108 Å². The van der Waals surface area contributed by atoms with Crippen molar-refractivity contribution in [3.63, 3.8) is 0 Å². The summed E-state index contributed by atoms with van der Waals surface area (Å²) in [6, 6.07) is 19.4. The van der Waals surface area contributed by atoms with Crippen LogP contribution in [0.5, 0.6) is 5.75 Å². The first-order valence-corrected chi connectivity index (χ1v) is 14.2. The molecular formula is C32H34N6O3. The van der Waals surface area contributed by atoms with Gasteiger partial charge in [0.15, 0.2) is 0 Å². The first-order chi connectivity index (χ1) is 20.1. The van der Waals surface area contributed by atoms with E-state index in [-0.39, 0.29) is 11.5 Å². The number of aromatic nitrogens is 4. The van der Waals surface area contributed by atoms with Gasteiger partial charge in [-0.2, -0.15) is 5.10 Å². The van der Waals surface area contributed by atoms with E-state index in [1.54, 1.807) is 16.9 Å². The predicted molar refractivity (Wildman–Crippen MR) is 160 cm³/mol. The summed E-state index contributed by atoms with van der Waals surface area (Å²) >= 11 is 0. The minimum Gasteiger partial charge on any atom is -0.494 e. The van der Waals surface area contributed by atoms with Crippen molar-refractivity contribution in [3.05, 3.63) is 101 Å². The lowest BCUT2D eigenvalue weighted by Crippen LogP contribution is -2.31. The molecule has 4 heterocycles. The van der Waals surface area contributed by atoms with Crippen LogP contribution in [0.25, 0.3) is 22.2 Å². The maximum Gasteiger partial charge on any atom is 0.258 e. The number of amides is 1. The number of likely N-dealkylation sites (tertiary alicyclic amines) is 1. The quantitative estimate of drug-likeness (QED) is 0.205. The molecule has 9 nitrogen and oxygen atoms in total. The van der Waals surface area contributed by atoms with Crippen molar-refractivity contribution >= 4 is 22.5 Å². The first-order valence-electron chi connectivity index (χ1n) is 14.2. The molecular weight excluding hydrogens is 516 g/mol. The molecule has 1 fully saturated rings. The third-order valence-corrected chi connectivity index (χ3v) is 7.46. The molecule has 1 aliphatic rings. The molecule has 3 N–H and O–H groups in total. The zero-order valence-corrected chi connectivity index (χ0v) is 22.9. The fourth-order valence-electron chi connectivity index (χ4n) is 5.30. The number of anilines is 1. The third-order valence-electron chi connectivity index (χ3n) is 7.46. The number of fused-ring (bicyclic) bond motifs is 1. The number of aromatic amines is 2. The SMILES string of the molecule is O=C(Nc1c[nH]c(=O)c(-c2cc3cc(OCCCN4CCCCC4)ccc3[nH]2)c1)c1cnn(Cc2ccccc2)c1. The molecule has 0 aliphatic carbocycles. The number of carbonyl (C=O) groups excluding carboxylic acids is 1. The maximum absolute atomic E-state index is 12.9. The van der Waals surface area contributed by atoms with E-state index >= 15 is 0 Å². The van der Waals surface area contributed by atoms with Gasteiger partial charge in [-0.15, -0.1) is 0 Å². The Kier molecular flexibility index (Phi) is 7.95. The number of H-pyrrole nitrogens is 2. The van der Waals surface area contributed by atoms with Crippen molar-refractivity contribution in [1.29, 1.82) is 0 Å². The van der Waals surface area contributed by atoms with E-state index in [0.29, 0.717) is 35.7 Å². The second-order valence-electron chi connectivity index (χ2n) is 10.5. The lowest BCUT2D eigenvalue weighted by Gasteiger charge is -2.26. The minimum absolute atomic E-state index is 0.251. The molecule has 1 aliphatic heterocycles. The Morgan fingerprint density at radius 1 is 1.02 bits per heavy atom. The van der Waals surface area contributed by atoms with Gasteiger partial charge in [-0.25, -0.2) is 0 Å². The van der Waals surface area contributed by atoms with Crippen molar-refractivity contribution < 1.29 is 9.53 Å². The van der Waals surface area contributed by atoms with Gasteiger partial charge < -0.3 is 24.9 Å². The molecule has 5 aromatic rings. The summed E-state index contributed by atoms with van der Waals surface area (Å²) in [4.78, 5) is 34.2. The minimum atomic E-state index is -0.305. The van der Waals surface area contributed by atoms with Gasteiger partial charge in [0, 0.05) is 29.8 Å². The number of hydrogen-bond acceptors (Lipinski definition) is 5.